The van der Waals surface area contributed by atoms with Gasteiger partial charge < -0.3 is 6.42 Å². The molecule has 79 valence electrons. The van der Waals surface area contributed by atoms with Gasteiger partial charge in [-0.25, -0.2) is 0 Å². The van der Waals surface area contributed by atoms with Gasteiger partial charge in [-0.05, 0) is 12.1 Å². The molecule has 0 fully saturated rings. The fourth-order valence-corrected chi connectivity index (χ4v) is 1.70. The molecule has 1 radical (unpaired) electrons. The van der Waals surface area contributed by atoms with Crippen molar-refractivity contribution in [1.29, 1.82) is 0 Å². The van der Waals surface area contributed by atoms with Crippen LogP contribution in [0.5, 0.6) is 0 Å². The van der Waals surface area contributed by atoms with Gasteiger partial charge in [0.05, 0.1) is 0 Å². The van der Waals surface area contributed by atoms with Crippen molar-refractivity contribution in [3.05, 3.63) is 66.6 Å². The average molecular weight is 286 g/mol. The Bertz CT molecular complexity index is 363. The van der Waals surface area contributed by atoms with Crippen LogP contribution in [0, 0.1) is 6.42 Å². The topological polar surface area (TPSA) is 25.8 Å². The fraction of sp³-hybridized carbons (Fsp3) is 0.154. The molecule has 2 aromatic heterocycles. The van der Waals surface area contributed by atoms with Crippen LogP contribution in [0.15, 0.2) is 49.1 Å². The molecule has 2 nitrogen and oxygen atoms in total. The summed E-state index contributed by atoms with van der Waals surface area (Å²) >= 11 is 0. The van der Waals surface area contributed by atoms with E-state index in [1.165, 1.54) is 11.1 Å². The zero-order valence-electron chi connectivity index (χ0n) is 9.25. The second-order valence-corrected chi connectivity index (χ2v) is 3.38. The maximum absolute atomic E-state index is 4.14. The number of hydrogen-bond acceptors (Lipinski definition) is 2. The molecule has 0 atom stereocenters. The maximum Gasteiger partial charge on any atom is 0.0279 e. The predicted octanol–water partition coefficient (Wildman–Crippen LogP) is 2.83. The van der Waals surface area contributed by atoms with E-state index in [0.29, 0.717) is 0 Å². The van der Waals surface area contributed by atoms with Crippen molar-refractivity contribution in [3.8, 4) is 0 Å². The number of pyridine rings is 2. The van der Waals surface area contributed by atoms with Crippen molar-refractivity contribution in [2.24, 2.45) is 0 Å². The first kappa shape index (κ1) is 13.5. The summed E-state index contributed by atoms with van der Waals surface area (Å²) in [6.07, 6.45) is 9.54. The summed E-state index contributed by atoms with van der Waals surface area (Å²) in [4.78, 5) is 8.28. The third kappa shape index (κ3) is 3.20. The first-order chi connectivity index (χ1) is 7.42. The molecule has 0 N–H and O–H groups in total. The molecule has 0 amide bonds. The van der Waals surface area contributed by atoms with Crippen molar-refractivity contribution in [2.75, 3.05) is 0 Å². The molecule has 0 aliphatic rings. The Labute approximate surface area is 121 Å². The van der Waals surface area contributed by atoms with E-state index >= 15 is 0 Å². The molecule has 2 rings (SSSR count). The first-order valence-corrected chi connectivity index (χ1v) is 5.01. The van der Waals surface area contributed by atoms with Crippen LogP contribution in [0.1, 0.15) is 24.0 Å². The summed E-state index contributed by atoms with van der Waals surface area (Å²) in [7, 11) is 0. The fourth-order valence-electron chi connectivity index (χ4n) is 1.70. The Morgan fingerprint density at radius 1 is 1.00 bits per heavy atom. The summed E-state index contributed by atoms with van der Waals surface area (Å²) < 4.78 is 0. The molecule has 0 spiro atoms. The molecule has 2 aromatic rings. The molecular weight excluding hydrogens is 273 g/mol. The zero-order valence-corrected chi connectivity index (χ0v) is 12.1. The second-order valence-electron chi connectivity index (χ2n) is 3.38. The van der Waals surface area contributed by atoms with Gasteiger partial charge in [-0.2, -0.15) is 6.92 Å². The predicted molar refractivity (Wildman–Crippen MR) is 60.3 cm³/mol. The molecule has 0 aromatic carbocycles. The smallest absolute Gasteiger partial charge is 0.0279 e. The molecule has 0 saturated carbocycles. The molecule has 0 aliphatic carbocycles. The molecule has 0 aliphatic heterocycles. The van der Waals surface area contributed by atoms with Crippen LogP contribution in [0.2, 0.25) is 0 Å². The summed E-state index contributed by atoms with van der Waals surface area (Å²) in [5.41, 5.74) is 2.40. The van der Waals surface area contributed by atoms with Gasteiger partial charge in [0.2, 0.25) is 0 Å². The van der Waals surface area contributed by atoms with Crippen molar-refractivity contribution in [1.82, 2.24) is 9.97 Å². The van der Waals surface area contributed by atoms with E-state index in [1.54, 1.807) is 12.4 Å². The first-order valence-electron chi connectivity index (χ1n) is 5.01. The normalized spacial score (nSPS) is 9.88. The van der Waals surface area contributed by atoms with Crippen molar-refractivity contribution < 1.29 is 32.7 Å². The Morgan fingerprint density at radius 2 is 1.50 bits per heavy atom. The minimum Gasteiger partial charge on any atom is -0.320 e. The molecule has 3 heteroatoms. The van der Waals surface area contributed by atoms with Gasteiger partial charge in [-0.3, -0.25) is 9.97 Å². The molecule has 0 saturated heterocycles. The van der Waals surface area contributed by atoms with Crippen LogP contribution >= 0.6 is 0 Å². The SMILES string of the molecule is C[CH-]C(c1cccnc1)c1cccnc1.[Y]. The van der Waals surface area contributed by atoms with Gasteiger partial charge in [-0.1, -0.05) is 23.3 Å². The summed E-state index contributed by atoms with van der Waals surface area (Å²) in [6, 6.07) is 8.10. The number of aromatic nitrogens is 2. The van der Waals surface area contributed by atoms with Crippen LogP contribution in [-0.4, -0.2) is 9.97 Å². The van der Waals surface area contributed by atoms with Crippen LogP contribution in [0.3, 0.4) is 0 Å². The Hall–Kier alpha value is -0.596. The standard InChI is InChI=1S/C13H13N2.Y/c1-2-13(11-5-3-7-14-9-11)12-6-4-8-15-10-12;/h2-10,13H,1H3;/q-1;. The molecule has 16 heavy (non-hydrogen) atoms. The van der Waals surface area contributed by atoms with E-state index in [1.807, 2.05) is 24.5 Å². The van der Waals surface area contributed by atoms with Gasteiger partial charge >= 0.3 is 0 Å². The minimum absolute atomic E-state index is 0. The van der Waals surface area contributed by atoms with Gasteiger partial charge in [0.15, 0.2) is 0 Å². The van der Waals surface area contributed by atoms with E-state index in [9.17, 15) is 0 Å². The summed E-state index contributed by atoms with van der Waals surface area (Å²) in [5.74, 6) is 0.285. The van der Waals surface area contributed by atoms with E-state index in [0.717, 1.165) is 0 Å². The van der Waals surface area contributed by atoms with Crippen molar-refractivity contribution in [2.45, 2.75) is 12.8 Å². The van der Waals surface area contributed by atoms with Crippen LogP contribution in [0.25, 0.3) is 0 Å². The zero-order chi connectivity index (χ0) is 10.5. The van der Waals surface area contributed by atoms with Gasteiger partial charge in [0.25, 0.3) is 0 Å². The third-order valence-corrected chi connectivity index (χ3v) is 2.42. The number of hydrogen-bond donors (Lipinski definition) is 0. The Balaban J connectivity index is 0.00000128. The van der Waals surface area contributed by atoms with Gasteiger partial charge in [-0.15, -0.1) is 5.92 Å². The number of nitrogens with zero attached hydrogens (tertiary/aromatic N) is 2. The molecule has 0 bridgehead atoms. The van der Waals surface area contributed by atoms with E-state index in [4.69, 9.17) is 0 Å². The Morgan fingerprint density at radius 3 is 1.81 bits per heavy atom. The van der Waals surface area contributed by atoms with E-state index < -0.39 is 0 Å². The Kier molecular flexibility index (Phi) is 5.79. The molecular formula is C13H13N2Y-. The van der Waals surface area contributed by atoms with Gasteiger partial charge in [0.1, 0.15) is 0 Å². The molecule has 0 unspecified atom stereocenters. The third-order valence-electron chi connectivity index (χ3n) is 2.42. The van der Waals surface area contributed by atoms with Crippen LogP contribution in [-0.2, 0) is 32.7 Å². The van der Waals surface area contributed by atoms with Crippen LogP contribution < -0.4 is 0 Å². The van der Waals surface area contributed by atoms with E-state index in [-0.39, 0.29) is 38.6 Å². The van der Waals surface area contributed by atoms with Crippen LogP contribution in [0.4, 0.5) is 0 Å². The quantitative estimate of drug-likeness (QED) is 0.811. The van der Waals surface area contributed by atoms with Crippen molar-refractivity contribution in [3.63, 3.8) is 0 Å². The van der Waals surface area contributed by atoms with Gasteiger partial charge in [0, 0.05) is 57.5 Å². The largest absolute Gasteiger partial charge is 0.320 e. The minimum atomic E-state index is 0. The molecule has 2 heterocycles. The summed E-state index contributed by atoms with van der Waals surface area (Å²) in [5, 5.41) is 0. The second kappa shape index (κ2) is 6.87. The summed E-state index contributed by atoms with van der Waals surface area (Å²) in [6.45, 7) is 2.06. The van der Waals surface area contributed by atoms with E-state index in [2.05, 4.69) is 35.4 Å². The average Bonchev–Trinajstić information content (AvgIpc) is 2.33. The maximum atomic E-state index is 4.14. The monoisotopic (exact) mass is 286 g/mol. The van der Waals surface area contributed by atoms with Crippen molar-refractivity contribution >= 4 is 0 Å². The number of rotatable bonds is 3.